The molecule has 1 amide bonds. The van der Waals surface area contributed by atoms with Crippen LogP contribution < -0.4 is 5.32 Å². The first-order valence-electron chi connectivity index (χ1n) is 39.5. The lowest BCUT2D eigenvalue weighted by atomic mass is 9.99. The molecule has 0 spiro atoms. The lowest BCUT2D eigenvalue weighted by Crippen LogP contribution is -2.60. The van der Waals surface area contributed by atoms with E-state index in [1.165, 1.54) is 295 Å². The van der Waals surface area contributed by atoms with Gasteiger partial charge in [0.25, 0.3) is 0 Å². The van der Waals surface area contributed by atoms with E-state index in [9.17, 15) is 30.3 Å². The maximum Gasteiger partial charge on any atom is 0.220 e. The Morgan fingerprint density at radius 1 is 0.389 bits per heavy atom. The zero-order valence-corrected chi connectivity index (χ0v) is 59.4. The summed E-state index contributed by atoms with van der Waals surface area (Å²) in [6.45, 7) is 3.78. The molecule has 0 saturated carbocycles. The monoisotopic (exact) mass is 1270 g/mol. The van der Waals surface area contributed by atoms with Crippen molar-refractivity contribution in [3.63, 3.8) is 0 Å². The van der Waals surface area contributed by atoms with Gasteiger partial charge in [-0.2, -0.15) is 0 Å². The first kappa shape index (κ1) is 85.9. The van der Waals surface area contributed by atoms with Gasteiger partial charge in [-0.05, 0) is 57.8 Å². The number of aliphatic hydroxyl groups excluding tert-OH is 5. The summed E-state index contributed by atoms with van der Waals surface area (Å²) in [6.07, 6.45) is 90.4. The lowest BCUT2D eigenvalue weighted by molar-refractivity contribution is -0.302. The Labute approximate surface area is 557 Å². The van der Waals surface area contributed by atoms with E-state index < -0.39 is 49.5 Å². The SMILES string of the molecule is CC/C=C\C/C=C\C/C=C\C/C=C\C/C=C\CCCCCCCCCCCCCCCCCCCCCC(=O)NC(COC1OC(CO)C(O)C(O)C1O)C(O)CCCCCCCCCCCCCCCCCCCCCCCCCCCCCCCCCC. The molecule has 0 aromatic rings. The fraction of sp³-hybridized carbons (Fsp3) is 0.864. The van der Waals surface area contributed by atoms with Gasteiger partial charge in [0.05, 0.1) is 25.4 Å². The molecule has 0 aromatic heterocycles. The van der Waals surface area contributed by atoms with Crippen LogP contribution in [0.3, 0.4) is 0 Å². The number of ether oxygens (including phenoxy) is 2. The van der Waals surface area contributed by atoms with E-state index in [1.54, 1.807) is 0 Å². The minimum Gasteiger partial charge on any atom is -0.394 e. The van der Waals surface area contributed by atoms with Crippen LogP contribution in [-0.4, -0.2) is 87.5 Å². The van der Waals surface area contributed by atoms with Crippen molar-refractivity contribution in [3.05, 3.63) is 60.8 Å². The zero-order valence-electron chi connectivity index (χ0n) is 59.4. The Bertz CT molecular complexity index is 1610. The van der Waals surface area contributed by atoms with E-state index in [2.05, 4.69) is 79.9 Å². The zero-order chi connectivity index (χ0) is 64.9. The Morgan fingerprint density at radius 3 is 1.02 bits per heavy atom. The van der Waals surface area contributed by atoms with Crippen molar-refractivity contribution >= 4 is 5.91 Å². The van der Waals surface area contributed by atoms with Crippen LogP contribution in [0.25, 0.3) is 0 Å². The highest BCUT2D eigenvalue weighted by atomic mass is 16.7. The number of nitrogens with one attached hydrogen (secondary N) is 1. The number of hydrogen-bond donors (Lipinski definition) is 6. The first-order chi connectivity index (χ1) is 44.3. The number of allylic oxidation sites excluding steroid dienone is 10. The number of amides is 1. The average Bonchev–Trinajstić information content (AvgIpc) is 1.28. The second kappa shape index (κ2) is 69.7. The molecule has 90 heavy (non-hydrogen) atoms. The lowest BCUT2D eigenvalue weighted by Gasteiger charge is -2.40. The van der Waals surface area contributed by atoms with Gasteiger partial charge in [0, 0.05) is 6.42 Å². The fourth-order valence-corrected chi connectivity index (χ4v) is 12.8. The van der Waals surface area contributed by atoms with Crippen LogP contribution in [0.4, 0.5) is 0 Å². The number of rotatable bonds is 70. The largest absolute Gasteiger partial charge is 0.394 e. The van der Waals surface area contributed by atoms with Gasteiger partial charge >= 0.3 is 0 Å². The number of carbonyl (C=O) groups is 1. The summed E-state index contributed by atoms with van der Waals surface area (Å²) in [4.78, 5) is 13.2. The van der Waals surface area contributed by atoms with Crippen LogP contribution in [0, 0.1) is 0 Å². The van der Waals surface area contributed by atoms with E-state index >= 15 is 0 Å². The predicted octanol–water partition coefficient (Wildman–Crippen LogP) is 22.5. The van der Waals surface area contributed by atoms with Crippen LogP contribution in [0.5, 0.6) is 0 Å². The van der Waals surface area contributed by atoms with Gasteiger partial charge in [0.1, 0.15) is 24.4 Å². The molecule has 0 bridgehead atoms. The van der Waals surface area contributed by atoms with Gasteiger partial charge < -0.3 is 40.3 Å². The van der Waals surface area contributed by atoms with E-state index in [0.29, 0.717) is 12.8 Å². The van der Waals surface area contributed by atoms with Crippen LogP contribution in [-0.2, 0) is 14.3 Å². The highest BCUT2D eigenvalue weighted by Crippen LogP contribution is 2.24. The molecular formula is C81H151NO8. The smallest absolute Gasteiger partial charge is 0.220 e. The third-order valence-electron chi connectivity index (χ3n) is 18.9. The fourth-order valence-electron chi connectivity index (χ4n) is 12.8. The first-order valence-corrected chi connectivity index (χ1v) is 39.5. The van der Waals surface area contributed by atoms with Crippen molar-refractivity contribution in [2.24, 2.45) is 0 Å². The average molecular weight is 1270 g/mol. The quantitative estimate of drug-likeness (QED) is 0.0261. The second-order valence-corrected chi connectivity index (χ2v) is 27.5. The van der Waals surface area contributed by atoms with E-state index in [-0.39, 0.29) is 12.5 Å². The topological polar surface area (TPSA) is 149 Å². The Kier molecular flexibility index (Phi) is 66.5. The molecule has 1 fully saturated rings. The highest BCUT2D eigenvalue weighted by molar-refractivity contribution is 5.76. The van der Waals surface area contributed by atoms with Gasteiger partial charge in [-0.15, -0.1) is 0 Å². The molecule has 9 nitrogen and oxygen atoms in total. The van der Waals surface area contributed by atoms with Crippen molar-refractivity contribution in [3.8, 4) is 0 Å². The maximum absolute atomic E-state index is 13.2. The Morgan fingerprint density at radius 2 is 0.689 bits per heavy atom. The van der Waals surface area contributed by atoms with Crippen LogP contribution >= 0.6 is 0 Å². The minimum absolute atomic E-state index is 0.135. The van der Waals surface area contributed by atoms with Gasteiger partial charge in [0.15, 0.2) is 6.29 Å². The normalized spacial score (nSPS) is 18.1. The molecule has 1 aliphatic rings. The van der Waals surface area contributed by atoms with Gasteiger partial charge in [-0.1, -0.05) is 389 Å². The number of aliphatic hydroxyl groups is 5. The summed E-state index contributed by atoms with van der Waals surface area (Å²) in [5.74, 6) is -0.137. The molecule has 7 atom stereocenters. The van der Waals surface area contributed by atoms with Crippen molar-refractivity contribution in [1.29, 1.82) is 0 Å². The molecule has 1 rings (SSSR count). The molecule has 528 valence electrons. The molecule has 0 aromatic carbocycles. The minimum atomic E-state index is -1.56. The summed E-state index contributed by atoms with van der Waals surface area (Å²) in [7, 11) is 0. The predicted molar refractivity (Wildman–Crippen MR) is 387 cm³/mol. The maximum atomic E-state index is 13.2. The molecule has 1 aliphatic heterocycles. The molecule has 9 heteroatoms. The van der Waals surface area contributed by atoms with Crippen molar-refractivity contribution in [2.45, 2.75) is 436 Å². The summed E-state index contributed by atoms with van der Waals surface area (Å²) in [6, 6.07) is -0.722. The standard InChI is InChI=1S/C81H151NO8/c1-3-5-7-9-11-13-15-17-19-21-23-25-27-29-31-33-35-37-38-39-41-43-45-47-49-51-53-55-57-59-61-63-65-67-69-71-77(85)82-74(73-89-81-80(88)79(87)78(86)76(72-83)90-81)75(84)70-68-66-64-62-60-58-56-54-52-50-48-46-44-42-40-36-34-32-30-28-26-24-22-20-18-16-14-12-10-8-6-4-2/h5,7,11,13,17,19,23,25,29,31,74-76,78-81,83-84,86-88H,3-4,6,8-10,12,14-16,18,20-22,24,26-28,30,32-73H2,1-2H3,(H,82,85)/b7-5-,13-11-,19-17-,25-23-,31-29-. The van der Waals surface area contributed by atoms with Gasteiger partial charge in [0.2, 0.25) is 5.91 Å². The van der Waals surface area contributed by atoms with E-state index in [0.717, 1.165) is 70.6 Å². The summed E-state index contributed by atoms with van der Waals surface area (Å²) >= 11 is 0. The number of unbranched alkanes of at least 4 members (excludes halogenated alkanes) is 50. The van der Waals surface area contributed by atoms with Crippen molar-refractivity contribution in [2.75, 3.05) is 13.2 Å². The van der Waals surface area contributed by atoms with Gasteiger partial charge in [-0.25, -0.2) is 0 Å². The van der Waals surface area contributed by atoms with Crippen molar-refractivity contribution in [1.82, 2.24) is 5.32 Å². The highest BCUT2D eigenvalue weighted by Gasteiger charge is 2.44. The van der Waals surface area contributed by atoms with Crippen LogP contribution in [0.15, 0.2) is 60.8 Å². The molecule has 7 unspecified atom stereocenters. The molecular weight excluding hydrogens is 1110 g/mol. The molecule has 0 radical (unpaired) electrons. The van der Waals surface area contributed by atoms with E-state index in [1.807, 2.05) is 0 Å². The summed E-state index contributed by atoms with van der Waals surface area (Å²) in [5.41, 5.74) is 0. The third kappa shape index (κ3) is 57.3. The molecule has 0 aliphatic carbocycles. The number of carbonyl (C=O) groups excluding carboxylic acids is 1. The van der Waals surface area contributed by atoms with Crippen LogP contribution in [0.2, 0.25) is 0 Å². The molecule has 1 saturated heterocycles. The van der Waals surface area contributed by atoms with E-state index in [4.69, 9.17) is 9.47 Å². The van der Waals surface area contributed by atoms with Crippen LogP contribution in [0.1, 0.15) is 393 Å². The third-order valence-corrected chi connectivity index (χ3v) is 18.9. The molecule has 6 N–H and O–H groups in total. The number of hydrogen-bond acceptors (Lipinski definition) is 8. The van der Waals surface area contributed by atoms with Gasteiger partial charge in [-0.3, -0.25) is 4.79 Å². The Hall–Kier alpha value is -2.11. The summed E-state index contributed by atoms with van der Waals surface area (Å²) < 4.78 is 11.4. The Balaban J connectivity index is 2.06. The molecule has 1 heterocycles. The second-order valence-electron chi connectivity index (χ2n) is 27.5. The summed E-state index contributed by atoms with van der Waals surface area (Å²) in [5, 5.41) is 55.1. The van der Waals surface area contributed by atoms with Crippen molar-refractivity contribution < 1.29 is 39.8 Å².